The lowest BCUT2D eigenvalue weighted by atomic mass is 9.95. The zero-order valence-electron chi connectivity index (χ0n) is 8.36. The first-order valence-electron chi connectivity index (χ1n) is 4.44. The van der Waals surface area contributed by atoms with E-state index in [0.29, 0.717) is 0 Å². The quantitative estimate of drug-likeness (QED) is 0.418. The summed E-state index contributed by atoms with van der Waals surface area (Å²) in [5.41, 5.74) is 1.87. The summed E-state index contributed by atoms with van der Waals surface area (Å²) in [6.45, 7) is 7.43. The zero-order chi connectivity index (χ0) is 10.7. The molecule has 3 heteroatoms. The van der Waals surface area contributed by atoms with Gasteiger partial charge in [0.25, 0.3) is 5.69 Å². The van der Waals surface area contributed by atoms with Gasteiger partial charge in [-0.2, -0.15) is 0 Å². The third-order valence-electron chi connectivity index (χ3n) is 2.39. The summed E-state index contributed by atoms with van der Waals surface area (Å²) in [7, 11) is 0. The van der Waals surface area contributed by atoms with Gasteiger partial charge >= 0.3 is 0 Å². The van der Waals surface area contributed by atoms with Gasteiger partial charge < -0.3 is 0 Å². The second-order valence-corrected chi connectivity index (χ2v) is 3.27. The van der Waals surface area contributed by atoms with E-state index in [1.807, 2.05) is 13.0 Å². The SMILES string of the molecule is C=CC(C)c1cccc([N+](=O)[O-])c1C. The fraction of sp³-hybridized carbons (Fsp3) is 0.273. The number of nitro benzene ring substituents is 1. The molecule has 1 aromatic rings. The molecule has 0 aliphatic rings. The number of nitro groups is 1. The highest BCUT2D eigenvalue weighted by Gasteiger charge is 2.14. The third-order valence-corrected chi connectivity index (χ3v) is 2.39. The van der Waals surface area contributed by atoms with Gasteiger partial charge in [0.05, 0.1) is 4.92 Å². The van der Waals surface area contributed by atoms with Crippen molar-refractivity contribution in [2.45, 2.75) is 19.8 Å². The lowest BCUT2D eigenvalue weighted by Gasteiger charge is -2.09. The molecule has 1 unspecified atom stereocenters. The Morgan fingerprint density at radius 3 is 2.71 bits per heavy atom. The Kier molecular flexibility index (Phi) is 3.02. The average Bonchev–Trinajstić information content (AvgIpc) is 2.16. The van der Waals surface area contributed by atoms with Gasteiger partial charge in [0.15, 0.2) is 0 Å². The largest absolute Gasteiger partial charge is 0.272 e. The van der Waals surface area contributed by atoms with Gasteiger partial charge in [0, 0.05) is 11.6 Å². The minimum atomic E-state index is -0.353. The minimum absolute atomic E-state index is 0.148. The van der Waals surface area contributed by atoms with Crippen molar-refractivity contribution in [2.24, 2.45) is 0 Å². The Labute approximate surface area is 83.2 Å². The minimum Gasteiger partial charge on any atom is -0.258 e. The van der Waals surface area contributed by atoms with Crippen LogP contribution < -0.4 is 0 Å². The highest BCUT2D eigenvalue weighted by Crippen LogP contribution is 2.27. The molecule has 0 saturated carbocycles. The summed E-state index contributed by atoms with van der Waals surface area (Å²) in [5, 5.41) is 10.7. The third kappa shape index (κ3) is 1.82. The first-order chi connectivity index (χ1) is 6.57. The van der Waals surface area contributed by atoms with Crippen LogP contribution in [-0.2, 0) is 0 Å². The lowest BCUT2D eigenvalue weighted by Crippen LogP contribution is -1.98. The van der Waals surface area contributed by atoms with E-state index in [4.69, 9.17) is 0 Å². The molecule has 0 bridgehead atoms. The van der Waals surface area contributed by atoms with Gasteiger partial charge in [-0.25, -0.2) is 0 Å². The molecule has 0 N–H and O–H groups in total. The normalized spacial score (nSPS) is 12.1. The van der Waals surface area contributed by atoms with Crippen LogP contribution in [0.2, 0.25) is 0 Å². The molecule has 0 aromatic heterocycles. The van der Waals surface area contributed by atoms with Gasteiger partial charge in [0.1, 0.15) is 0 Å². The molecular formula is C11H13NO2. The fourth-order valence-corrected chi connectivity index (χ4v) is 1.46. The van der Waals surface area contributed by atoms with Crippen molar-refractivity contribution in [3.63, 3.8) is 0 Å². The van der Waals surface area contributed by atoms with Gasteiger partial charge in [-0.15, -0.1) is 6.58 Å². The molecule has 3 nitrogen and oxygen atoms in total. The molecule has 0 aliphatic heterocycles. The first-order valence-corrected chi connectivity index (χ1v) is 4.44. The van der Waals surface area contributed by atoms with Crippen LogP contribution in [0.25, 0.3) is 0 Å². The molecule has 0 amide bonds. The number of hydrogen-bond donors (Lipinski definition) is 0. The standard InChI is InChI=1S/C11H13NO2/c1-4-8(2)10-6-5-7-11(9(10)3)12(13)14/h4-8H,1H2,2-3H3. The number of benzene rings is 1. The van der Waals surface area contributed by atoms with E-state index >= 15 is 0 Å². The topological polar surface area (TPSA) is 43.1 Å². The highest BCUT2D eigenvalue weighted by atomic mass is 16.6. The summed E-state index contributed by atoms with van der Waals surface area (Å²) < 4.78 is 0. The van der Waals surface area contributed by atoms with Crippen molar-refractivity contribution >= 4 is 5.69 Å². The van der Waals surface area contributed by atoms with E-state index in [-0.39, 0.29) is 16.5 Å². The Morgan fingerprint density at radius 1 is 1.57 bits per heavy atom. The van der Waals surface area contributed by atoms with Crippen LogP contribution in [0.4, 0.5) is 5.69 Å². The maximum absolute atomic E-state index is 10.7. The van der Waals surface area contributed by atoms with Crippen LogP contribution in [-0.4, -0.2) is 4.92 Å². The molecule has 1 aromatic carbocycles. The summed E-state index contributed by atoms with van der Waals surface area (Å²) in [4.78, 5) is 10.3. The van der Waals surface area contributed by atoms with Gasteiger partial charge in [0.2, 0.25) is 0 Å². The predicted molar refractivity (Wildman–Crippen MR) is 56.4 cm³/mol. The molecular weight excluding hydrogens is 178 g/mol. The molecule has 1 atom stereocenters. The summed E-state index contributed by atoms with van der Waals surface area (Å²) in [6, 6.07) is 5.13. The number of hydrogen-bond acceptors (Lipinski definition) is 2. The van der Waals surface area contributed by atoms with E-state index < -0.39 is 0 Å². The molecule has 0 heterocycles. The van der Waals surface area contributed by atoms with Crippen molar-refractivity contribution in [3.05, 3.63) is 52.1 Å². The zero-order valence-corrected chi connectivity index (χ0v) is 8.36. The van der Waals surface area contributed by atoms with E-state index in [2.05, 4.69) is 6.58 Å². The maximum Gasteiger partial charge on any atom is 0.272 e. The van der Waals surface area contributed by atoms with Crippen molar-refractivity contribution in [2.75, 3.05) is 0 Å². The lowest BCUT2D eigenvalue weighted by molar-refractivity contribution is -0.385. The molecule has 0 aliphatic carbocycles. The molecule has 0 spiro atoms. The van der Waals surface area contributed by atoms with Crippen LogP contribution in [0.15, 0.2) is 30.9 Å². The molecule has 1 rings (SSSR count). The summed E-state index contributed by atoms with van der Waals surface area (Å²) in [5.74, 6) is 0.148. The van der Waals surface area contributed by atoms with Gasteiger partial charge in [-0.3, -0.25) is 10.1 Å². The maximum atomic E-state index is 10.7. The van der Waals surface area contributed by atoms with Crippen molar-refractivity contribution < 1.29 is 4.92 Å². The van der Waals surface area contributed by atoms with E-state index in [0.717, 1.165) is 11.1 Å². The highest BCUT2D eigenvalue weighted by molar-refractivity contribution is 5.46. The van der Waals surface area contributed by atoms with Gasteiger partial charge in [-0.1, -0.05) is 25.1 Å². The van der Waals surface area contributed by atoms with Crippen LogP contribution in [0.5, 0.6) is 0 Å². The van der Waals surface area contributed by atoms with E-state index in [1.165, 1.54) is 6.07 Å². The Hall–Kier alpha value is -1.64. The van der Waals surface area contributed by atoms with Crippen molar-refractivity contribution in [3.8, 4) is 0 Å². The van der Waals surface area contributed by atoms with Crippen LogP contribution in [0, 0.1) is 17.0 Å². The van der Waals surface area contributed by atoms with E-state index in [9.17, 15) is 10.1 Å². The number of allylic oxidation sites excluding steroid dienone is 1. The molecule has 74 valence electrons. The second kappa shape index (κ2) is 4.05. The molecule has 14 heavy (non-hydrogen) atoms. The Bertz CT molecular complexity index is 372. The number of rotatable bonds is 3. The first kappa shape index (κ1) is 10.4. The monoisotopic (exact) mass is 191 g/mol. The molecule has 0 radical (unpaired) electrons. The van der Waals surface area contributed by atoms with E-state index in [1.54, 1.807) is 19.1 Å². The Balaban J connectivity index is 3.26. The van der Waals surface area contributed by atoms with Crippen LogP contribution in [0.3, 0.4) is 0 Å². The number of nitrogens with zero attached hydrogens (tertiary/aromatic N) is 1. The summed E-state index contributed by atoms with van der Waals surface area (Å²) >= 11 is 0. The van der Waals surface area contributed by atoms with Crippen LogP contribution in [0.1, 0.15) is 24.0 Å². The predicted octanol–water partition coefficient (Wildman–Crippen LogP) is 3.19. The molecule has 0 saturated heterocycles. The second-order valence-electron chi connectivity index (χ2n) is 3.27. The van der Waals surface area contributed by atoms with Crippen molar-refractivity contribution in [1.82, 2.24) is 0 Å². The van der Waals surface area contributed by atoms with Crippen molar-refractivity contribution in [1.29, 1.82) is 0 Å². The summed E-state index contributed by atoms with van der Waals surface area (Å²) in [6.07, 6.45) is 1.78. The smallest absolute Gasteiger partial charge is 0.258 e. The average molecular weight is 191 g/mol. The fourth-order valence-electron chi connectivity index (χ4n) is 1.46. The van der Waals surface area contributed by atoms with Gasteiger partial charge in [-0.05, 0) is 18.4 Å². The Morgan fingerprint density at radius 2 is 2.21 bits per heavy atom. The molecule has 0 fully saturated rings. The van der Waals surface area contributed by atoms with Crippen LogP contribution >= 0.6 is 0 Å².